The molecule has 0 aliphatic heterocycles. The van der Waals surface area contributed by atoms with Crippen LogP contribution in [-0.4, -0.2) is 9.97 Å². The SMILES string of the molecule is c1ccc(-c2ccc(-c3nc(-c4cc5c(c6ccccc46)-c4cc6ccccc6cc4C54c5ccccc5-c5ccccc54)nc4ccccc34)cc2)cc1. The second-order valence-electron chi connectivity index (χ2n) is 14.8. The molecule has 1 spiro atoms. The van der Waals surface area contributed by atoms with Crippen molar-refractivity contribution < 1.29 is 0 Å². The first-order valence-corrected chi connectivity index (χ1v) is 19.0. The van der Waals surface area contributed by atoms with Crippen LogP contribution in [0.3, 0.4) is 0 Å². The Labute approximate surface area is 319 Å². The van der Waals surface area contributed by atoms with Crippen LogP contribution in [-0.2, 0) is 5.41 Å². The van der Waals surface area contributed by atoms with Gasteiger partial charge in [-0.1, -0.05) is 170 Å². The fourth-order valence-electron chi connectivity index (χ4n) is 9.73. The minimum absolute atomic E-state index is 0.506. The summed E-state index contributed by atoms with van der Waals surface area (Å²) in [5.74, 6) is 0.732. The first kappa shape index (κ1) is 30.3. The molecule has 1 heterocycles. The molecule has 0 bridgehead atoms. The maximum Gasteiger partial charge on any atom is 0.161 e. The lowest BCUT2D eigenvalue weighted by Crippen LogP contribution is -2.26. The van der Waals surface area contributed by atoms with E-state index in [9.17, 15) is 0 Å². The lowest BCUT2D eigenvalue weighted by atomic mass is 9.70. The Bertz CT molecular complexity index is 3150. The van der Waals surface area contributed by atoms with Crippen LogP contribution in [0.4, 0.5) is 0 Å². The molecule has 0 atom stereocenters. The molecule has 1 aromatic heterocycles. The van der Waals surface area contributed by atoms with Crippen LogP contribution < -0.4 is 0 Å². The van der Waals surface area contributed by atoms with Crippen molar-refractivity contribution >= 4 is 32.4 Å². The van der Waals surface area contributed by atoms with Crippen molar-refractivity contribution in [3.05, 3.63) is 216 Å². The van der Waals surface area contributed by atoms with Crippen molar-refractivity contribution in [2.75, 3.05) is 0 Å². The van der Waals surface area contributed by atoms with E-state index < -0.39 is 5.41 Å². The molecular weight excluding hydrogens is 665 g/mol. The third kappa shape index (κ3) is 4.19. The molecule has 0 unspecified atom stereocenters. The van der Waals surface area contributed by atoms with Gasteiger partial charge in [-0.15, -0.1) is 0 Å². The number of hydrogen-bond acceptors (Lipinski definition) is 2. The molecule has 12 rings (SSSR count). The molecule has 0 amide bonds. The van der Waals surface area contributed by atoms with Crippen molar-refractivity contribution in [1.29, 1.82) is 0 Å². The topological polar surface area (TPSA) is 25.8 Å². The molecule has 2 nitrogen and oxygen atoms in total. The van der Waals surface area contributed by atoms with Crippen LogP contribution >= 0.6 is 0 Å². The summed E-state index contributed by atoms with van der Waals surface area (Å²) in [5, 5.41) is 5.91. The molecule has 9 aromatic carbocycles. The highest BCUT2D eigenvalue weighted by atomic mass is 14.9. The second kappa shape index (κ2) is 11.4. The zero-order valence-corrected chi connectivity index (χ0v) is 29.9. The standard InChI is InChI=1S/C53H32N2/c1-2-14-33(15-3-1)34-26-28-35(29-27-34)51-42-22-10-13-25-49(42)54-52(55-51)43-32-48-50(41-21-7-6-18-38(41)43)44-30-36-16-4-5-17-37(36)31-47(44)53(48)45-23-11-8-19-39(45)40-20-9-12-24-46(40)53/h1-32H. The van der Waals surface area contributed by atoms with Gasteiger partial charge in [0.2, 0.25) is 0 Å². The molecule has 2 aliphatic carbocycles. The summed E-state index contributed by atoms with van der Waals surface area (Å²) in [4.78, 5) is 10.9. The summed E-state index contributed by atoms with van der Waals surface area (Å²) >= 11 is 0. The Hall–Kier alpha value is -7.16. The highest BCUT2D eigenvalue weighted by Crippen LogP contribution is 2.64. The summed E-state index contributed by atoms with van der Waals surface area (Å²) in [7, 11) is 0. The average Bonchev–Trinajstić information content (AvgIpc) is 3.72. The van der Waals surface area contributed by atoms with E-state index in [2.05, 4.69) is 194 Å². The molecule has 0 radical (unpaired) electrons. The number of nitrogens with zero attached hydrogens (tertiary/aromatic N) is 2. The van der Waals surface area contributed by atoms with E-state index in [0.29, 0.717) is 0 Å². The highest BCUT2D eigenvalue weighted by molar-refractivity contribution is 6.12. The van der Waals surface area contributed by atoms with Crippen LogP contribution in [0.1, 0.15) is 22.3 Å². The number of rotatable bonds is 3. The van der Waals surface area contributed by atoms with Gasteiger partial charge in [-0.05, 0) is 101 Å². The van der Waals surface area contributed by atoms with Gasteiger partial charge < -0.3 is 0 Å². The zero-order valence-electron chi connectivity index (χ0n) is 29.9. The summed E-state index contributed by atoms with van der Waals surface area (Å²) in [5.41, 5.74) is 16.3. The Morgan fingerprint density at radius 2 is 0.891 bits per heavy atom. The largest absolute Gasteiger partial charge is 0.228 e. The number of benzene rings is 9. The Morgan fingerprint density at radius 1 is 0.327 bits per heavy atom. The van der Waals surface area contributed by atoms with Gasteiger partial charge in [0.05, 0.1) is 16.6 Å². The molecule has 2 heteroatoms. The van der Waals surface area contributed by atoms with Crippen LogP contribution in [0.5, 0.6) is 0 Å². The molecule has 10 aromatic rings. The molecule has 0 fully saturated rings. The van der Waals surface area contributed by atoms with Crippen molar-refractivity contribution in [3.8, 4) is 56.0 Å². The third-order valence-corrected chi connectivity index (χ3v) is 12.1. The van der Waals surface area contributed by atoms with E-state index >= 15 is 0 Å². The maximum absolute atomic E-state index is 5.51. The van der Waals surface area contributed by atoms with Gasteiger partial charge in [0.15, 0.2) is 5.82 Å². The number of hydrogen-bond donors (Lipinski definition) is 0. The van der Waals surface area contributed by atoms with Gasteiger partial charge in [0.1, 0.15) is 0 Å². The minimum atomic E-state index is -0.506. The normalized spacial score (nSPS) is 13.2. The summed E-state index contributed by atoms with van der Waals surface area (Å²) in [6.07, 6.45) is 0. The van der Waals surface area contributed by atoms with Gasteiger partial charge in [-0.25, -0.2) is 9.97 Å². The Kier molecular flexibility index (Phi) is 6.29. The lowest BCUT2D eigenvalue weighted by Gasteiger charge is -2.31. The van der Waals surface area contributed by atoms with Crippen molar-refractivity contribution in [2.45, 2.75) is 5.41 Å². The average molecular weight is 697 g/mol. The molecule has 0 N–H and O–H groups in total. The van der Waals surface area contributed by atoms with Gasteiger partial charge in [0, 0.05) is 16.5 Å². The van der Waals surface area contributed by atoms with Gasteiger partial charge >= 0.3 is 0 Å². The fraction of sp³-hybridized carbons (Fsp3) is 0.0189. The van der Waals surface area contributed by atoms with E-state index in [1.165, 1.54) is 71.8 Å². The van der Waals surface area contributed by atoms with E-state index in [1.807, 2.05) is 0 Å². The van der Waals surface area contributed by atoms with E-state index in [-0.39, 0.29) is 0 Å². The summed E-state index contributed by atoms with van der Waals surface area (Å²) in [6, 6.07) is 70.8. The first-order valence-electron chi connectivity index (χ1n) is 19.0. The Balaban J connectivity index is 1.17. The molecule has 2 aliphatic rings. The highest BCUT2D eigenvalue weighted by Gasteiger charge is 2.52. The van der Waals surface area contributed by atoms with E-state index in [0.717, 1.165) is 38.9 Å². The molecule has 0 saturated heterocycles. The lowest BCUT2D eigenvalue weighted by molar-refractivity contribution is 0.796. The molecule has 55 heavy (non-hydrogen) atoms. The van der Waals surface area contributed by atoms with Crippen LogP contribution in [0.2, 0.25) is 0 Å². The minimum Gasteiger partial charge on any atom is -0.228 e. The monoisotopic (exact) mass is 696 g/mol. The van der Waals surface area contributed by atoms with Crippen molar-refractivity contribution in [3.63, 3.8) is 0 Å². The van der Waals surface area contributed by atoms with Crippen LogP contribution in [0, 0.1) is 0 Å². The molecular formula is C53H32N2. The van der Waals surface area contributed by atoms with Crippen molar-refractivity contribution in [1.82, 2.24) is 9.97 Å². The number of aromatic nitrogens is 2. The smallest absolute Gasteiger partial charge is 0.161 e. The van der Waals surface area contributed by atoms with Gasteiger partial charge in [0.25, 0.3) is 0 Å². The molecule has 254 valence electrons. The Morgan fingerprint density at radius 3 is 1.64 bits per heavy atom. The van der Waals surface area contributed by atoms with Crippen LogP contribution in [0.15, 0.2) is 194 Å². The van der Waals surface area contributed by atoms with Gasteiger partial charge in [-0.3, -0.25) is 0 Å². The first-order chi connectivity index (χ1) is 27.3. The summed E-state index contributed by atoms with van der Waals surface area (Å²) < 4.78 is 0. The zero-order chi connectivity index (χ0) is 36.1. The fourth-order valence-corrected chi connectivity index (χ4v) is 9.73. The number of para-hydroxylation sites is 1. The predicted molar refractivity (Wildman–Crippen MR) is 227 cm³/mol. The predicted octanol–water partition coefficient (Wildman–Crippen LogP) is 13.3. The quantitative estimate of drug-likeness (QED) is 0.184. The van der Waals surface area contributed by atoms with Gasteiger partial charge in [-0.2, -0.15) is 0 Å². The maximum atomic E-state index is 5.51. The second-order valence-corrected chi connectivity index (χ2v) is 14.8. The third-order valence-electron chi connectivity index (χ3n) is 12.1. The van der Waals surface area contributed by atoms with Crippen LogP contribution in [0.25, 0.3) is 88.5 Å². The molecule has 0 saturated carbocycles. The number of fused-ring (bicyclic) bond motifs is 14. The van der Waals surface area contributed by atoms with E-state index in [1.54, 1.807) is 0 Å². The summed E-state index contributed by atoms with van der Waals surface area (Å²) in [6.45, 7) is 0. The van der Waals surface area contributed by atoms with E-state index in [4.69, 9.17) is 9.97 Å². The van der Waals surface area contributed by atoms with Crippen molar-refractivity contribution in [2.24, 2.45) is 0 Å².